The molecule has 3 rings (SSSR count). The van der Waals surface area contributed by atoms with Crippen LogP contribution in [0.1, 0.15) is 26.5 Å². The first-order chi connectivity index (χ1) is 14.3. The SMILES string of the molecule is Cc1nn(-c2ccccc2)nc1C(=O)OCC(=O)Nc1ccc(C(=O)N(C)C)cc1. The molecular formula is C21H21N5O4. The van der Waals surface area contributed by atoms with E-state index in [9.17, 15) is 14.4 Å². The molecule has 9 heteroatoms. The van der Waals surface area contributed by atoms with E-state index >= 15 is 0 Å². The summed E-state index contributed by atoms with van der Waals surface area (Å²) in [5, 5.41) is 11.0. The zero-order valence-corrected chi connectivity index (χ0v) is 16.8. The van der Waals surface area contributed by atoms with Crippen LogP contribution in [0.15, 0.2) is 54.6 Å². The van der Waals surface area contributed by atoms with Gasteiger partial charge in [-0.25, -0.2) is 4.79 Å². The normalized spacial score (nSPS) is 10.4. The number of hydrogen-bond acceptors (Lipinski definition) is 6. The van der Waals surface area contributed by atoms with Crippen molar-refractivity contribution in [2.24, 2.45) is 0 Å². The van der Waals surface area contributed by atoms with E-state index in [1.165, 1.54) is 9.70 Å². The molecule has 3 aromatic rings. The van der Waals surface area contributed by atoms with E-state index in [1.807, 2.05) is 18.2 Å². The summed E-state index contributed by atoms with van der Waals surface area (Å²) in [6.07, 6.45) is 0. The highest BCUT2D eigenvalue weighted by Crippen LogP contribution is 2.12. The fraction of sp³-hybridized carbons (Fsp3) is 0.190. The molecule has 0 saturated carbocycles. The van der Waals surface area contributed by atoms with Gasteiger partial charge in [0, 0.05) is 25.3 Å². The van der Waals surface area contributed by atoms with Crippen molar-refractivity contribution in [1.29, 1.82) is 0 Å². The minimum atomic E-state index is -0.739. The summed E-state index contributed by atoms with van der Waals surface area (Å²) in [4.78, 5) is 39.0. The second-order valence-electron chi connectivity index (χ2n) is 6.66. The number of hydrogen-bond donors (Lipinski definition) is 1. The average Bonchev–Trinajstić information content (AvgIpc) is 3.14. The molecule has 1 N–H and O–H groups in total. The zero-order chi connectivity index (χ0) is 21.7. The molecule has 1 heterocycles. The van der Waals surface area contributed by atoms with Crippen molar-refractivity contribution in [2.75, 3.05) is 26.0 Å². The van der Waals surface area contributed by atoms with Gasteiger partial charge in [0.05, 0.1) is 11.4 Å². The Labute approximate surface area is 173 Å². The molecule has 0 radical (unpaired) electrons. The first-order valence-corrected chi connectivity index (χ1v) is 9.13. The van der Waals surface area contributed by atoms with Crippen molar-refractivity contribution >= 4 is 23.5 Å². The summed E-state index contributed by atoms with van der Waals surface area (Å²) in [6.45, 7) is 1.16. The molecule has 0 bridgehead atoms. The molecule has 0 atom stereocenters. The maximum absolute atomic E-state index is 12.3. The minimum absolute atomic E-state index is 0.0400. The van der Waals surface area contributed by atoms with E-state index in [0.717, 1.165) is 0 Å². The van der Waals surface area contributed by atoms with E-state index < -0.39 is 18.5 Å². The predicted octanol–water partition coefficient (Wildman–Crippen LogP) is 2.07. The monoisotopic (exact) mass is 407 g/mol. The standard InChI is InChI=1S/C21H21N5O4/c1-14-19(24-26(23-14)17-7-5-4-6-8-17)21(29)30-13-18(27)22-16-11-9-15(10-12-16)20(28)25(2)3/h4-12H,13H2,1-3H3,(H,22,27). The van der Waals surface area contributed by atoms with Crippen LogP contribution < -0.4 is 5.32 Å². The summed E-state index contributed by atoms with van der Waals surface area (Å²) in [7, 11) is 3.32. The van der Waals surface area contributed by atoms with E-state index in [4.69, 9.17) is 4.74 Å². The van der Waals surface area contributed by atoms with Gasteiger partial charge in [0.25, 0.3) is 11.8 Å². The van der Waals surface area contributed by atoms with Crippen molar-refractivity contribution in [1.82, 2.24) is 19.9 Å². The molecular weight excluding hydrogens is 386 g/mol. The van der Waals surface area contributed by atoms with Crippen LogP contribution in [0.3, 0.4) is 0 Å². The van der Waals surface area contributed by atoms with Crippen molar-refractivity contribution in [3.63, 3.8) is 0 Å². The molecule has 0 unspecified atom stereocenters. The predicted molar refractivity (Wildman–Crippen MR) is 109 cm³/mol. The van der Waals surface area contributed by atoms with Crippen LogP contribution >= 0.6 is 0 Å². The molecule has 0 aliphatic heterocycles. The molecule has 2 aromatic carbocycles. The quantitative estimate of drug-likeness (QED) is 0.627. The Morgan fingerprint density at radius 3 is 2.30 bits per heavy atom. The molecule has 2 amide bonds. The summed E-state index contributed by atoms with van der Waals surface area (Å²) >= 11 is 0. The smallest absolute Gasteiger partial charge is 0.361 e. The number of nitrogens with zero attached hydrogens (tertiary/aromatic N) is 4. The molecule has 9 nitrogen and oxygen atoms in total. The van der Waals surface area contributed by atoms with Gasteiger partial charge >= 0.3 is 5.97 Å². The first kappa shape index (κ1) is 20.7. The lowest BCUT2D eigenvalue weighted by Crippen LogP contribution is -2.22. The van der Waals surface area contributed by atoms with Crippen molar-refractivity contribution < 1.29 is 19.1 Å². The molecule has 0 fully saturated rings. The number of amides is 2. The molecule has 0 spiro atoms. The third kappa shape index (κ3) is 4.88. The number of ether oxygens (including phenoxy) is 1. The highest BCUT2D eigenvalue weighted by molar-refractivity contribution is 5.97. The largest absolute Gasteiger partial charge is 0.451 e. The van der Waals surface area contributed by atoms with Crippen LogP contribution in [0.25, 0.3) is 5.69 Å². The Morgan fingerprint density at radius 1 is 1.00 bits per heavy atom. The van der Waals surface area contributed by atoms with E-state index in [1.54, 1.807) is 57.4 Å². The Hall–Kier alpha value is -4.01. The Balaban J connectivity index is 1.57. The molecule has 0 saturated heterocycles. The zero-order valence-electron chi connectivity index (χ0n) is 16.8. The number of aromatic nitrogens is 3. The second kappa shape index (κ2) is 8.99. The highest BCUT2D eigenvalue weighted by atomic mass is 16.5. The van der Waals surface area contributed by atoms with Crippen LogP contribution in [-0.2, 0) is 9.53 Å². The van der Waals surface area contributed by atoms with Crippen LogP contribution in [0.4, 0.5) is 5.69 Å². The number of anilines is 1. The van der Waals surface area contributed by atoms with E-state index in [2.05, 4.69) is 15.5 Å². The second-order valence-corrected chi connectivity index (χ2v) is 6.66. The molecule has 1 aromatic heterocycles. The number of carbonyl (C=O) groups excluding carboxylic acids is 3. The van der Waals surface area contributed by atoms with Crippen molar-refractivity contribution in [3.05, 3.63) is 71.5 Å². The van der Waals surface area contributed by atoms with Gasteiger partial charge in [-0.1, -0.05) is 18.2 Å². The van der Waals surface area contributed by atoms with Gasteiger partial charge in [0.1, 0.15) is 0 Å². The molecule has 0 aliphatic rings. The minimum Gasteiger partial charge on any atom is -0.451 e. The average molecular weight is 407 g/mol. The Morgan fingerprint density at radius 2 is 1.67 bits per heavy atom. The summed E-state index contributed by atoms with van der Waals surface area (Å²) in [6, 6.07) is 15.6. The molecule has 30 heavy (non-hydrogen) atoms. The van der Waals surface area contributed by atoms with E-state index in [0.29, 0.717) is 22.6 Å². The number of carbonyl (C=O) groups is 3. The Bertz CT molecular complexity index is 1060. The first-order valence-electron chi connectivity index (χ1n) is 9.13. The topological polar surface area (TPSA) is 106 Å². The lowest BCUT2D eigenvalue weighted by Gasteiger charge is -2.11. The highest BCUT2D eigenvalue weighted by Gasteiger charge is 2.19. The molecule has 154 valence electrons. The maximum Gasteiger partial charge on any atom is 0.361 e. The summed E-state index contributed by atoms with van der Waals surface area (Å²) < 4.78 is 5.06. The fourth-order valence-electron chi connectivity index (χ4n) is 2.60. The van der Waals surface area contributed by atoms with Gasteiger partial charge in [-0.05, 0) is 43.3 Å². The Kier molecular flexibility index (Phi) is 6.21. The third-order valence-corrected chi connectivity index (χ3v) is 4.12. The number of nitrogens with one attached hydrogen (secondary N) is 1. The lowest BCUT2D eigenvalue weighted by molar-refractivity contribution is -0.119. The third-order valence-electron chi connectivity index (χ3n) is 4.12. The number of benzene rings is 2. The van der Waals surface area contributed by atoms with Crippen molar-refractivity contribution in [3.8, 4) is 5.69 Å². The van der Waals surface area contributed by atoms with Crippen molar-refractivity contribution in [2.45, 2.75) is 6.92 Å². The number of para-hydroxylation sites is 1. The number of aryl methyl sites for hydroxylation is 1. The van der Waals surface area contributed by atoms with E-state index in [-0.39, 0.29) is 11.6 Å². The van der Waals surface area contributed by atoms with Crippen LogP contribution in [0, 0.1) is 6.92 Å². The van der Waals surface area contributed by atoms with Gasteiger partial charge in [-0.15, -0.1) is 5.10 Å². The maximum atomic E-state index is 12.3. The molecule has 0 aliphatic carbocycles. The van der Waals surface area contributed by atoms with Crippen LogP contribution in [-0.4, -0.2) is 58.4 Å². The summed E-state index contributed by atoms with van der Waals surface area (Å²) in [5.41, 5.74) is 2.12. The van der Waals surface area contributed by atoms with Gasteiger partial charge in [-0.3, -0.25) is 9.59 Å². The lowest BCUT2D eigenvalue weighted by atomic mass is 10.2. The fourth-order valence-corrected chi connectivity index (χ4v) is 2.60. The van der Waals surface area contributed by atoms with Gasteiger partial charge in [0.15, 0.2) is 12.3 Å². The van der Waals surface area contributed by atoms with Gasteiger partial charge < -0.3 is 15.0 Å². The van der Waals surface area contributed by atoms with Gasteiger partial charge in [0.2, 0.25) is 0 Å². The van der Waals surface area contributed by atoms with Gasteiger partial charge in [-0.2, -0.15) is 9.90 Å². The van der Waals surface area contributed by atoms with Crippen LogP contribution in [0.5, 0.6) is 0 Å². The number of esters is 1. The number of rotatable bonds is 6. The summed E-state index contributed by atoms with van der Waals surface area (Å²) in [5.74, 6) is -1.39. The van der Waals surface area contributed by atoms with Crippen LogP contribution in [0.2, 0.25) is 0 Å².